The maximum atomic E-state index is 13.4. The number of pyridine rings is 1. The SMILES string of the molecule is O=C(c1cnc(N2CCCC2)nc1-c1cccnc1)N1CCc2ccccc2C1. The molecule has 2 aliphatic heterocycles. The van der Waals surface area contributed by atoms with Crippen LogP contribution < -0.4 is 4.90 Å². The Bertz CT molecular complexity index is 1030. The van der Waals surface area contributed by atoms with Gasteiger partial charge in [-0.25, -0.2) is 9.97 Å². The Labute approximate surface area is 170 Å². The third kappa shape index (κ3) is 3.46. The number of fused-ring (bicyclic) bond motifs is 1. The van der Waals surface area contributed by atoms with Gasteiger partial charge in [0.15, 0.2) is 0 Å². The summed E-state index contributed by atoms with van der Waals surface area (Å²) in [6.07, 6.45) is 8.37. The molecule has 1 amide bonds. The lowest BCUT2D eigenvalue weighted by Crippen LogP contribution is -2.36. The van der Waals surface area contributed by atoms with E-state index in [1.54, 1.807) is 18.6 Å². The van der Waals surface area contributed by atoms with Crippen LogP contribution in [0.15, 0.2) is 55.0 Å². The first-order valence-corrected chi connectivity index (χ1v) is 10.2. The van der Waals surface area contributed by atoms with Crippen molar-refractivity contribution in [3.05, 3.63) is 71.7 Å². The van der Waals surface area contributed by atoms with Crippen LogP contribution in [0.4, 0.5) is 5.95 Å². The average Bonchev–Trinajstić information content (AvgIpc) is 3.33. The highest BCUT2D eigenvalue weighted by molar-refractivity contribution is 5.99. The minimum Gasteiger partial charge on any atom is -0.341 e. The van der Waals surface area contributed by atoms with E-state index in [9.17, 15) is 4.79 Å². The van der Waals surface area contributed by atoms with Crippen LogP contribution in [0.2, 0.25) is 0 Å². The molecule has 29 heavy (non-hydrogen) atoms. The molecule has 0 aliphatic carbocycles. The normalized spacial score (nSPS) is 16.0. The number of hydrogen-bond acceptors (Lipinski definition) is 5. The van der Waals surface area contributed by atoms with Crippen LogP contribution in [0.25, 0.3) is 11.3 Å². The van der Waals surface area contributed by atoms with Crippen molar-refractivity contribution >= 4 is 11.9 Å². The summed E-state index contributed by atoms with van der Waals surface area (Å²) < 4.78 is 0. The molecular formula is C23H23N5O. The van der Waals surface area contributed by atoms with Gasteiger partial charge >= 0.3 is 0 Å². The predicted octanol–water partition coefficient (Wildman–Crippen LogP) is 3.34. The second-order valence-corrected chi connectivity index (χ2v) is 7.61. The van der Waals surface area contributed by atoms with E-state index < -0.39 is 0 Å². The first-order chi connectivity index (χ1) is 14.3. The summed E-state index contributed by atoms with van der Waals surface area (Å²) in [4.78, 5) is 31.1. The van der Waals surface area contributed by atoms with Crippen LogP contribution in [-0.2, 0) is 13.0 Å². The van der Waals surface area contributed by atoms with Gasteiger partial charge in [-0.05, 0) is 42.5 Å². The number of amides is 1. The molecule has 4 heterocycles. The van der Waals surface area contributed by atoms with Crippen LogP contribution >= 0.6 is 0 Å². The van der Waals surface area contributed by atoms with E-state index in [-0.39, 0.29) is 5.91 Å². The minimum absolute atomic E-state index is 0.0219. The Balaban J connectivity index is 1.51. The van der Waals surface area contributed by atoms with Crippen molar-refractivity contribution in [2.45, 2.75) is 25.8 Å². The topological polar surface area (TPSA) is 62.2 Å². The highest BCUT2D eigenvalue weighted by Gasteiger charge is 2.26. The largest absolute Gasteiger partial charge is 0.341 e. The van der Waals surface area contributed by atoms with Gasteiger partial charge in [-0.3, -0.25) is 9.78 Å². The third-order valence-corrected chi connectivity index (χ3v) is 5.75. The van der Waals surface area contributed by atoms with Crippen LogP contribution in [0, 0.1) is 0 Å². The van der Waals surface area contributed by atoms with Gasteiger partial charge < -0.3 is 9.80 Å². The Hall–Kier alpha value is -3.28. The molecule has 0 atom stereocenters. The smallest absolute Gasteiger partial charge is 0.257 e. The van der Waals surface area contributed by atoms with E-state index in [2.05, 4.69) is 33.1 Å². The Morgan fingerprint density at radius 1 is 0.931 bits per heavy atom. The summed E-state index contributed by atoms with van der Waals surface area (Å²) in [5.74, 6) is 0.674. The van der Waals surface area contributed by atoms with Crippen molar-refractivity contribution in [3.8, 4) is 11.3 Å². The van der Waals surface area contributed by atoms with Crippen molar-refractivity contribution < 1.29 is 4.79 Å². The summed E-state index contributed by atoms with van der Waals surface area (Å²) in [6, 6.07) is 12.2. The highest BCUT2D eigenvalue weighted by Crippen LogP contribution is 2.27. The molecule has 0 saturated carbocycles. The molecular weight excluding hydrogens is 362 g/mol. The van der Waals surface area contributed by atoms with E-state index in [0.717, 1.165) is 37.9 Å². The monoisotopic (exact) mass is 385 g/mol. The fourth-order valence-electron chi connectivity index (χ4n) is 4.16. The van der Waals surface area contributed by atoms with Gasteiger partial charge in [-0.15, -0.1) is 0 Å². The van der Waals surface area contributed by atoms with E-state index in [4.69, 9.17) is 4.98 Å². The average molecular weight is 385 g/mol. The fraction of sp³-hybridized carbons (Fsp3) is 0.304. The van der Waals surface area contributed by atoms with E-state index >= 15 is 0 Å². The molecule has 5 rings (SSSR count). The quantitative estimate of drug-likeness (QED) is 0.692. The fourth-order valence-corrected chi connectivity index (χ4v) is 4.16. The van der Waals surface area contributed by atoms with Crippen molar-refractivity contribution in [3.63, 3.8) is 0 Å². The molecule has 146 valence electrons. The van der Waals surface area contributed by atoms with E-state index in [1.807, 2.05) is 23.1 Å². The molecule has 1 fully saturated rings. The number of rotatable bonds is 3. The summed E-state index contributed by atoms with van der Waals surface area (Å²) in [6.45, 7) is 3.25. The number of anilines is 1. The second-order valence-electron chi connectivity index (χ2n) is 7.61. The van der Waals surface area contributed by atoms with Gasteiger partial charge in [0.2, 0.25) is 5.95 Å². The third-order valence-electron chi connectivity index (χ3n) is 5.75. The van der Waals surface area contributed by atoms with Gasteiger partial charge in [0.25, 0.3) is 5.91 Å². The number of carbonyl (C=O) groups excluding carboxylic acids is 1. The molecule has 3 aromatic rings. The standard InChI is InChI=1S/C23H23N5O/c29-22(28-13-9-17-6-1-2-7-19(17)16-28)20-15-25-23(27-11-3-4-12-27)26-21(20)18-8-5-10-24-14-18/h1-2,5-8,10,14-15H,3-4,9,11-13,16H2. The predicted molar refractivity (Wildman–Crippen MR) is 112 cm³/mol. The molecule has 6 nitrogen and oxygen atoms in total. The zero-order valence-corrected chi connectivity index (χ0v) is 16.3. The van der Waals surface area contributed by atoms with Crippen LogP contribution in [-0.4, -0.2) is 45.4 Å². The number of benzene rings is 1. The van der Waals surface area contributed by atoms with Crippen LogP contribution in [0.3, 0.4) is 0 Å². The molecule has 0 unspecified atom stereocenters. The Morgan fingerprint density at radius 2 is 1.76 bits per heavy atom. The molecule has 0 bridgehead atoms. The summed E-state index contributed by atoms with van der Waals surface area (Å²) in [7, 11) is 0. The first-order valence-electron chi connectivity index (χ1n) is 10.2. The van der Waals surface area contributed by atoms with E-state index in [1.165, 1.54) is 11.1 Å². The second kappa shape index (κ2) is 7.62. The molecule has 0 spiro atoms. The Morgan fingerprint density at radius 3 is 2.55 bits per heavy atom. The van der Waals surface area contributed by atoms with Crippen molar-refractivity contribution in [1.82, 2.24) is 19.9 Å². The van der Waals surface area contributed by atoms with Crippen molar-refractivity contribution in [2.24, 2.45) is 0 Å². The van der Waals surface area contributed by atoms with Crippen LogP contribution in [0.1, 0.15) is 34.3 Å². The minimum atomic E-state index is -0.0219. The lowest BCUT2D eigenvalue weighted by molar-refractivity contribution is 0.0734. The lowest BCUT2D eigenvalue weighted by Gasteiger charge is -2.29. The van der Waals surface area contributed by atoms with Crippen molar-refractivity contribution in [2.75, 3.05) is 24.5 Å². The maximum Gasteiger partial charge on any atom is 0.257 e. The first kappa shape index (κ1) is 17.8. The van der Waals surface area contributed by atoms with Gasteiger partial charge in [0.05, 0.1) is 11.3 Å². The van der Waals surface area contributed by atoms with E-state index in [0.29, 0.717) is 30.3 Å². The van der Waals surface area contributed by atoms with Crippen LogP contribution in [0.5, 0.6) is 0 Å². The molecule has 0 radical (unpaired) electrons. The number of aromatic nitrogens is 3. The maximum absolute atomic E-state index is 13.4. The Kier molecular flexibility index (Phi) is 4.68. The molecule has 2 aliphatic rings. The number of carbonyl (C=O) groups is 1. The summed E-state index contributed by atoms with van der Waals surface area (Å²) in [5.41, 5.74) is 4.59. The van der Waals surface area contributed by atoms with Gasteiger partial charge in [-0.2, -0.15) is 0 Å². The van der Waals surface area contributed by atoms with Crippen molar-refractivity contribution in [1.29, 1.82) is 0 Å². The summed E-state index contributed by atoms with van der Waals surface area (Å²) in [5, 5.41) is 0. The molecule has 0 N–H and O–H groups in total. The molecule has 1 saturated heterocycles. The van der Waals surface area contributed by atoms with Gasteiger partial charge in [0, 0.05) is 50.3 Å². The van der Waals surface area contributed by atoms with Gasteiger partial charge in [0.1, 0.15) is 0 Å². The molecule has 2 aromatic heterocycles. The molecule has 1 aromatic carbocycles. The number of hydrogen-bond donors (Lipinski definition) is 0. The molecule has 6 heteroatoms. The lowest BCUT2D eigenvalue weighted by atomic mass is 9.99. The summed E-state index contributed by atoms with van der Waals surface area (Å²) >= 11 is 0. The zero-order valence-electron chi connectivity index (χ0n) is 16.3. The number of nitrogens with zero attached hydrogens (tertiary/aromatic N) is 5. The zero-order chi connectivity index (χ0) is 19.6. The highest BCUT2D eigenvalue weighted by atomic mass is 16.2. The van der Waals surface area contributed by atoms with Gasteiger partial charge in [-0.1, -0.05) is 24.3 Å².